The highest BCUT2D eigenvalue weighted by atomic mass is 15.3. The van der Waals surface area contributed by atoms with Gasteiger partial charge in [0.05, 0.1) is 0 Å². The van der Waals surface area contributed by atoms with Crippen LogP contribution in [0.4, 0.5) is 11.5 Å². The molecule has 1 aliphatic rings. The molecule has 1 N–H and O–H groups in total. The van der Waals surface area contributed by atoms with Gasteiger partial charge in [-0.25, -0.2) is 4.98 Å². The van der Waals surface area contributed by atoms with Gasteiger partial charge < -0.3 is 10.2 Å². The number of nitrogens with zero attached hydrogens (tertiary/aromatic N) is 3. The molecule has 0 amide bonds. The number of hydrogen-bond donors (Lipinski definition) is 1. The van der Waals surface area contributed by atoms with Gasteiger partial charge in [-0.1, -0.05) is 72.8 Å². The fourth-order valence-corrected chi connectivity index (χ4v) is 4.49. The molecule has 4 aromatic rings. The molecule has 172 valence electrons. The standard InChI is InChI=1S/C30H32N4/c1-2-6-25(7-3-1)17-19-33-20-22-34(23-21-33)24-26-9-11-27(12-10-26)28-13-15-29(16-14-28)32-30-8-4-5-18-31-30/h1-16,18H,17,19-24H2,(H,31,32). The van der Waals surface area contributed by atoms with Crippen LogP contribution < -0.4 is 5.32 Å². The Balaban J connectivity index is 1.09. The van der Waals surface area contributed by atoms with E-state index < -0.39 is 0 Å². The first kappa shape index (κ1) is 22.3. The molecule has 0 aliphatic carbocycles. The summed E-state index contributed by atoms with van der Waals surface area (Å²) >= 11 is 0. The summed E-state index contributed by atoms with van der Waals surface area (Å²) in [6.45, 7) is 6.78. The van der Waals surface area contributed by atoms with Gasteiger partial charge >= 0.3 is 0 Å². The maximum absolute atomic E-state index is 4.32. The molecule has 0 atom stereocenters. The lowest BCUT2D eigenvalue weighted by Gasteiger charge is -2.34. The Labute approximate surface area is 202 Å². The third-order valence-corrected chi connectivity index (χ3v) is 6.54. The third kappa shape index (κ3) is 6.10. The zero-order valence-electron chi connectivity index (χ0n) is 19.6. The van der Waals surface area contributed by atoms with E-state index in [1.807, 2.05) is 18.2 Å². The van der Waals surface area contributed by atoms with Crippen molar-refractivity contribution in [1.82, 2.24) is 14.8 Å². The summed E-state index contributed by atoms with van der Waals surface area (Å²) in [6.07, 6.45) is 2.94. The number of rotatable bonds is 8. The fourth-order valence-electron chi connectivity index (χ4n) is 4.49. The second-order valence-corrected chi connectivity index (χ2v) is 8.97. The van der Waals surface area contributed by atoms with Gasteiger partial charge in [0.25, 0.3) is 0 Å². The van der Waals surface area contributed by atoms with Crippen LogP contribution in [-0.4, -0.2) is 47.5 Å². The van der Waals surface area contributed by atoms with Crippen LogP contribution in [0.2, 0.25) is 0 Å². The Bertz CT molecular complexity index is 1130. The molecule has 1 fully saturated rings. The number of benzene rings is 3. The van der Waals surface area contributed by atoms with Gasteiger partial charge in [-0.2, -0.15) is 0 Å². The first-order valence-electron chi connectivity index (χ1n) is 12.2. The molecule has 4 heteroatoms. The summed E-state index contributed by atoms with van der Waals surface area (Å²) in [7, 11) is 0. The maximum atomic E-state index is 4.32. The smallest absolute Gasteiger partial charge is 0.130 e. The van der Waals surface area contributed by atoms with Crippen LogP contribution in [0.3, 0.4) is 0 Å². The van der Waals surface area contributed by atoms with E-state index in [1.165, 1.54) is 22.3 Å². The molecule has 2 heterocycles. The number of hydrogen-bond acceptors (Lipinski definition) is 4. The molecular formula is C30H32N4. The van der Waals surface area contributed by atoms with Crippen molar-refractivity contribution < 1.29 is 0 Å². The first-order valence-corrected chi connectivity index (χ1v) is 12.2. The van der Waals surface area contributed by atoms with Crippen LogP contribution in [0.15, 0.2) is 103 Å². The Morgan fingerprint density at radius 3 is 1.94 bits per heavy atom. The van der Waals surface area contributed by atoms with Crippen LogP contribution >= 0.6 is 0 Å². The average molecular weight is 449 g/mol. The molecule has 0 bridgehead atoms. The van der Waals surface area contributed by atoms with Crippen molar-refractivity contribution >= 4 is 11.5 Å². The highest BCUT2D eigenvalue weighted by Crippen LogP contribution is 2.23. The summed E-state index contributed by atoms with van der Waals surface area (Å²) in [6, 6.07) is 34.3. The van der Waals surface area contributed by atoms with Crippen molar-refractivity contribution in [1.29, 1.82) is 0 Å². The SMILES string of the molecule is c1ccc(CCN2CCN(Cc3ccc(-c4ccc(Nc5ccccn5)cc4)cc3)CC2)cc1. The molecule has 0 unspecified atom stereocenters. The van der Waals surface area contributed by atoms with Crippen molar-refractivity contribution in [2.24, 2.45) is 0 Å². The number of nitrogens with one attached hydrogen (secondary N) is 1. The quantitative estimate of drug-likeness (QED) is 0.366. The predicted octanol–water partition coefficient (Wildman–Crippen LogP) is 5.85. The monoisotopic (exact) mass is 448 g/mol. The summed E-state index contributed by atoms with van der Waals surface area (Å²) in [5.74, 6) is 0.858. The van der Waals surface area contributed by atoms with Gasteiger partial charge in [0.1, 0.15) is 5.82 Å². The van der Waals surface area contributed by atoms with Crippen molar-refractivity contribution in [3.05, 3.63) is 114 Å². The lowest BCUT2D eigenvalue weighted by Crippen LogP contribution is -2.46. The van der Waals surface area contributed by atoms with E-state index >= 15 is 0 Å². The zero-order valence-corrected chi connectivity index (χ0v) is 19.6. The Morgan fingerprint density at radius 1 is 0.618 bits per heavy atom. The lowest BCUT2D eigenvalue weighted by molar-refractivity contribution is 0.128. The van der Waals surface area contributed by atoms with E-state index in [0.717, 1.165) is 57.2 Å². The average Bonchev–Trinajstić information content (AvgIpc) is 2.90. The van der Waals surface area contributed by atoms with Crippen LogP contribution in [0, 0.1) is 0 Å². The summed E-state index contributed by atoms with van der Waals surface area (Å²) in [4.78, 5) is 9.49. The maximum Gasteiger partial charge on any atom is 0.130 e. The minimum atomic E-state index is 0.858. The molecule has 0 saturated carbocycles. The molecule has 1 aromatic heterocycles. The van der Waals surface area contributed by atoms with Crippen LogP contribution in [-0.2, 0) is 13.0 Å². The Hall–Kier alpha value is -3.47. The molecule has 0 spiro atoms. The fraction of sp³-hybridized carbons (Fsp3) is 0.233. The highest BCUT2D eigenvalue weighted by Gasteiger charge is 2.16. The number of anilines is 2. The number of pyridine rings is 1. The van der Waals surface area contributed by atoms with Crippen molar-refractivity contribution in [3.8, 4) is 11.1 Å². The highest BCUT2D eigenvalue weighted by molar-refractivity contribution is 5.67. The molecule has 34 heavy (non-hydrogen) atoms. The first-order chi connectivity index (χ1) is 16.8. The molecular weight excluding hydrogens is 416 g/mol. The van der Waals surface area contributed by atoms with Crippen molar-refractivity contribution in [3.63, 3.8) is 0 Å². The van der Waals surface area contributed by atoms with Crippen LogP contribution in [0.5, 0.6) is 0 Å². The second-order valence-electron chi connectivity index (χ2n) is 8.97. The van der Waals surface area contributed by atoms with Gasteiger partial charge in [-0.05, 0) is 52.9 Å². The van der Waals surface area contributed by atoms with Crippen molar-refractivity contribution in [2.75, 3.05) is 38.0 Å². The Morgan fingerprint density at radius 2 is 1.26 bits per heavy atom. The largest absolute Gasteiger partial charge is 0.340 e. The Kier molecular flexibility index (Phi) is 7.29. The van der Waals surface area contributed by atoms with E-state index in [-0.39, 0.29) is 0 Å². The molecule has 3 aromatic carbocycles. The second kappa shape index (κ2) is 11.1. The molecule has 0 radical (unpaired) electrons. The van der Waals surface area contributed by atoms with E-state index in [9.17, 15) is 0 Å². The lowest BCUT2D eigenvalue weighted by atomic mass is 10.0. The summed E-state index contributed by atoms with van der Waals surface area (Å²) in [5, 5.41) is 3.34. The van der Waals surface area contributed by atoms with Crippen LogP contribution in [0.1, 0.15) is 11.1 Å². The predicted molar refractivity (Wildman–Crippen MR) is 141 cm³/mol. The summed E-state index contributed by atoms with van der Waals surface area (Å²) < 4.78 is 0. The van der Waals surface area contributed by atoms with E-state index in [2.05, 4.69) is 99.0 Å². The van der Waals surface area contributed by atoms with Crippen molar-refractivity contribution in [2.45, 2.75) is 13.0 Å². The minimum absolute atomic E-state index is 0.858. The normalized spacial score (nSPS) is 14.7. The topological polar surface area (TPSA) is 31.4 Å². The molecule has 5 rings (SSSR count). The molecule has 4 nitrogen and oxygen atoms in total. The number of aromatic nitrogens is 1. The summed E-state index contributed by atoms with van der Waals surface area (Å²) in [5.41, 5.74) is 6.34. The van der Waals surface area contributed by atoms with Gasteiger partial charge in [0, 0.05) is 51.2 Å². The van der Waals surface area contributed by atoms with Gasteiger partial charge in [0.15, 0.2) is 0 Å². The third-order valence-electron chi connectivity index (χ3n) is 6.54. The van der Waals surface area contributed by atoms with E-state index in [4.69, 9.17) is 0 Å². The molecule has 1 aliphatic heterocycles. The van der Waals surface area contributed by atoms with E-state index in [1.54, 1.807) is 6.20 Å². The van der Waals surface area contributed by atoms with Crippen LogP contribution in [0.25, 0.3) is 11.1 Å². The molecule has 1 saturated heterocycles. The minimum Gasteiger partial charge on any atom is -0.340 e. The number of piperazine rings is 1. The zero-order chi connectivity index (χ0) is 23.0. The van der Waals surface area contributed by atoms with E-state index in [0.29, 0.717) is 0 Å². The van der Waals surface area contributed by atoms with Gasteiger partial charge in [0.2, 0.25) is 0 Å². The van der Waals surface area contributed by atoms with Gasteiger partial charge in [-0.15, -0.1) is 0 Å². The van der Waals surface area contributed by atoms with Gasteiger partial charge in [-0.3, -0.25) is 4.90 Å².